The molecule has 0 amide bonds. The maximum Gasteiger partial charge on any atom is 0.106 e. The predicted molar refractivity (Wildman–Crippen MR) is 49.6 cm³/mol. The fraction of sp³-hybridized carbons (Fsp3) is 0.667. The second-order valence-electron chi connectivity index (χ2n) is 3.49. The molecule has 12 heavy (non-hydrogen) atoms. The zero-order valence-corrected chi connectivity index (χ0v) is 7.80. The number of aromatic nitrogens is 2. The first-order valence-corrected chi connectivity index (χ1v) is 4.45. The zero-order chi connectivity index (χ0) is 8.97. The highest BCUT2D eigenvalue weighted by atomic mass is 14.9. The van der Waals surface area contributed by atoms with Crippen LogP contribution in [0.2, 0.25) is 0 Å². The van der Waals surface area contributed by atoms with Crippen molar-refractivity contribution in [3.8, 4) is 0 Å². The Kier molecular flexibility index (Phi) is 3.29. The summed E-state index contributed by atoms with van der Waals surface area (Å²) in [5, 5.41) is 0. The lowest BCUT2D eigenvalue weighted by Crippen LogP contribution is -1.97. The molecule has 0 bridgehead atoms. The third kappa shape index (κ3) is 2.66. The van der Waals surface area contributed by atoms with E-state index < -0.39 is 0 Å². The van der Waals surface area contributed by atoms with Crippen LogP contribution in [0.1, 0.15) is 31.8 Å². The molecule has 1 aromatic heterocycles. The first-order valence-electron chi connectivity index (χ1n) is 4.45. The predicted octanol–water partition coefficient (Wildman–Crippen LogP) is 1.46. The Morgan fingerprint density at radius 2 is 2.33 bits per heavy atom. The van der Waals surface area contributed by atoms with Crippen molar-refractivity contribution in [2.75, 3.05) is 0 Å². The number of H-pyrrole nitrogens is 1. The molecule has 0 atom stereocenters. The van der Waals surface area contributed by atoms with Gasteiger partial charge in [-0.05, 0) is 12.3 Å². The first kappa shape index (κ1) is 9.26. The molecule has 0 aliphatic heterocycles. The van der Waals surface area contributed by atoms with Crippen LogP contribution in [0.3, 0.4) is 0 Å². The summed E-state index contributed by atoms with van der Waals surface area (Å²) in [6, 6.07) is 0. The van der Waals surface area contributed by atoms with Crippen LogP contribution in [0.5, 0.6) is 0 Å². The summed E-state index contributed by atoms with van der Waals surface area (Å²) in [6.45, 7) is 4.98. The maximum absolute atomic E-state index is 5.45. The van der Waals surface area contributed by atoms with Crippen LogP contribution in [-0.2, 0) is 13.0 Å². The number of rotatable bonds is 4. The van der Waals surface area contributed by atoms with Crippen molar-refractivity contribution in [2.45, 2.75) is 33.2 Å². The maximum atomic E-state index is 5.45. The van der Waals surface area contributed by atoms with E-state index in [1.807, 2.05) is 6.20 Å². The number of aromatic amines is 1. The number of hydrogen-bond acceptors (Lipinski definition) is 2. The minimum Gasteiger partial charge on any atom is -0.345 e. The van der Waals surface area contributed by atoms with Crippen molar-refractivity contribution >= 4 is 0 Å². The van der Waals surface area contributed by atoms with Gasteiger partial charge in [0, 0.05) is 24.9 Å². The summed E-state index contributed by atoms with van der Waals surface area (Å²) in [6.07, 6.45) is 4.02. The summed E-state index contributed by atoms with van der Waals surface area (Å²) in [7, 11) is 0. The van der Waals surface area contributed by atoms with Crippen LogP contribution < -0.4 is 5.73 Å². The number of hydrogen-bond donors (Lipinski definition) is 2. The Morgan fingerprint density at radius 3 is 2.83 bits per heavy atom. The standard InChI is InChI=1S/C9H17N3/c1-7(2)3-4-9-11-6-8(5-10)12-9/h6-7H,3-5,10H2,1-2H3,(H,11,12). The van der Waals surface area contributed by atoms with E-state index in [-0.39, 0.29) is 0 Å². The van der Waals surface area contributed by atoms with E-state index in [4.69, 9.17) is 5.73 Å². The highest BCUT2D eigenvalue weighted by molar-refractivity contribution is 5.00. The van der Waals surface area contributed by atoms with Crippen molar-refractivity contribution in [2.24, 2.45) is 11.7 Å². The fourth-order valence-electron chi connectivity index (χ4n) is 1.06. The second-order valence-corrected chi connectivity index (χ2v) is 3.49. The van der Waals surface area contributed by atoms with Crippen molar-refractivity contribution in [3.63, 3.8) is 0 Å². The molecule has 0 radical (unpaired) electrons. The van der Waals surface area contributed by atoms with Gasteiger partial charge in [0.1, 0.15) is 5.82 Å². The molecule has 1 heterocycles. The lowest BCUT2D eigenvalue weighted by molar-refractivity contribution is 0.576. The second kappa shape index (κ2) is 4.26. The molecule has 3 nitrogen and oxygen atoms in total. The van der Waals surface area contributed by atoms with Crippen LogP contribution in [0.15, 0.2) is 6.20 Å². The van der Waals surface area contributed by atoms with Gasteiger partial charge in [0.2, 0.25) is 0 Å². The summed E-state index contributed by atoms with van der Waals surface area (Å²) in [4.78, 5) is 7.41. The van der Waals surface area contributed by atoms with Gasteiger partial charge in [-0.15, -0.1) is 0 Å². The summed E-state index contributed by atoms with van der Waals surface area (Å²) in [5.41, 5.74) is 6.47. The molecular weight excluding hydrogens is 150 g/mol. The molecule has 0 spiro atoms. The smallest absolute Gasteiger partial charge is 0.106 e. The third-order valence-corrected chi connectivity index (χ3v) is 1.86. The largest absolute Gasteiger partial charge is 0.345 e. The lowest BCUT2D eigenvalue weighted by atomic mass is 10.1. The van der Waals surface area contributed by atoms with Gasteiger partial charge in [-0.25, -0.2) is 4.98 Å². The number of nitrogens with two attached hydrogens (primary N) is 1. The van der Waals surface area contributed by atoms with Gasteiger partial charge in [-0.1, -0.05) is 13.8 Å². The SMILES string of the molecule is CC(C)CCc1ncc(CN)[nH]1. The van der Waals surface area contributed by atoms with Gasteiger partial charge in [0.25, 0.3) is 0 Å². The molecule has 3 heteroatoms. The van der Waals surface area contributed by atoms with Crippen molar-refractivity contribution in [1.29, 1.82) is 0 Å². The van der Waals surface area contributed by atoms with E-state index in [0.717, 1.165) is 23.9 Å². The van der Waals surface area contributed by atoms with Crippen LogP contribution in [-0.4, -0.2) is 9.97 Å². The molecule has 1 rings (SSSR count). The van der Waals surface area contributed by atoms with Crippen LogP contribution >= 0.6 is 0 Å². The quantitative estimate of drug-likeness (QED) is 0.713. The number of imidazole rings is 1. The lowest BCUT2D eigenvalue weighted by Gasteiger charge is -2.00. The van der Waals surface area contributed by atoms with E-state index >= 15 is 0 Å². The number of nitrogens with one attached hydrogen (secondary N) is 1. The molecule has 0 aliphatic rings. The summed E-state index contributed by atoms with van der Waals surface area (Å²) < 4.78 is 0. The average molecular weight is 167 g/mol. The monoisotopic (exact) mass is 167 g/mol. The van der Waals surface area contributed by atoms with E-state index in [2.05, 4.69) is 23.8 Å². The summed E-state index contributed by atoms with van der Waals surface area (Å²) >= 11 is 0. The average Bonchev–Trinajstić information content (AvgIpc) is 2.48. The Labute approximate surface area is 73.4 Å². The minimum absolute atomic E-state index is 0.550. The molecule has 1 aromatic rings. The van der Waals surface area contributed by atoms with E-state index in [9.17, 15) is 0 Å². The van der Waals surface area contributed by atoms with Gasteiger partial charge >= 0.3 is 0 Å². The molecule has 0 unspecified atom stereocenters. The highest BCUT2D eigenvalue weighted by Crippen LogP contribution is 2.05. The molecule has 0 saturated heterocycles. The summed E-state index contributed by atoms with van der Waals surface area (Å²) in [5.74, 6) is 1.79. The van der Waals surface area contributed by atoms with E-state index in [1.165, 1.54) is 6.42 Å². The topological polar surface area (TPSA) is 54.7 Å². The Balaban J connectivity index is 2.41. The van der Waals surface area contributed by atoms with Crippen molar-refractivity contribution in [3.05, 3.63) is 17.7 Å². The van der Waals surface area contributed by atoms with Crippen LogP contribution in [0.4, 0.5) is 0 Å². The molecule has 0 aliphatic carbocycles. The molecule has 0 saturated carbocycles. The zero-order valence-electron chi connectivity index (χ0n) is 7.80. The Hall–Kier alpha value is -0.830. The van der Waals surface area contributed by atoms with Gasteiger partial charge < -0.3 is 10.7 Å². The Morgan fingerprint density at radius 1 is 1.58 bits per heavy atom. The minimum atomic E-state index is 0.550. The normalized spacial score (nSPS) is 11.0. The third-order valence-electron chi connectivity index (χ3n) is 1.86. The Bertz CT molecular complexity index is 227. The van der Waals surface area contributed by atoms with E-state index in [1.54, 1.807) is 0 Å². The van der Waals surface area contributed by atoms with Crippen LogP contribution in [0, 0.1) is 5.92 Å². The first-order chi connectivity index (χ1) is 5.72. The van der Waals surface area contributed by atoms with Gasteiger partial charge in [-0.2, -0.15) is 0 Å². The molecular formula is C9H17N3. The number of nitrogens with zero attached hydrogens (tertiary/aromatic N) is 1. The van der Waals surface area contributed by atoms with Gasteiger partial charge in [0.05, 0.1) is 0 Å². The highest BCUT2D eigenvalue weighted by Gasteiger charge is 2.00. The van der Waals surface area contributed by atoms with E-state index in [0.29, 0.717) is 6.54 Å². The van der Waals surface area contributed by atoms with Gasteiger partial charge in [-0.3, -0.25) is 0 Å². The molecule has 68 valence electrons. The number of aryl methyl sites for hydroxylation is 1. The molecule has 0 aromatic carbocycles. The van der Waals surface area contributed by atoms with Crippen LogP contribution in [0.25, 0.3) is 0 Å². The fourth-order valence-corrected chi connectivity index (χ4v) is 1.06. The van der Waals surface area contributed by atoms with Crippen molar-refractivity contribution < 1.29 is 0 Å². The van der Waals surface area contributed by atoms with Gasteiger partial charge in [0.15, 0.2) is 0 Å². The molecule has 3 N–H and O–H groups in total. The van der Waals surface area contributed by atoms with Crippen molar-refractivity contribution in [1.82, 2.24) is 9.97 Å². The molecule has 0 fully saturated rings.